The van der Waals surface area contributed by atoms with Crippen molar-refractivity contribution in [3.05, 3.63) is 77.1 Å². The lowest BCUT2D eigenvalue weighted by molar-refractivity contribution is -0.114. The first-order valence-electron chi connectivity index (χ1n) is 9.69. The zero-order chi connectivity index (χ0) is 22.3. The fourth-order valence-electron chi connectivity index (χ4n) is 3.58. The Kier molecular flexibility index (Phi) is 5.49. The van der Waals surface area contributed by atoms with E-state index >= 15 is 0 Å². The standard InChI is InChI=1S/C23H20ClFN2O3S/c1-14(2)15-7-10-21-18(11-15)17-5-3-4-6-22(17)31(29,30)27(21)13-23(28)26-16-8-9-20(25)19(24)12-16/h3-12,14H,13H2,1-2H3,(H,26,28). The van der Waals surface area contributed by atoms with Crippen molar-refractivity contribution < 1.29 is 17.6 Å². The molecule has 1 heterocycles. The maximum Gasteiger partial charge on any atom is 0.265 e. The van der Waals surface area contributed by atoms with Crippen LogP contribution >= 0.6 is 11.6 Å². The average Bonchev–Trinajstić information content (AvgIpc) is 2.73. The number of hydrogen-bond acceptors (Lipinski definition) is 3. The van der Waals surface area contributed by atoms with Gasteiger partial charge in [-0.2, -0.15) is 0 Å². The number of nitrogens with zero attached hydrogens (tertiary/aromatic N) is 1. The topological polar surface area (TPSA) is 66.5 Å². The molecule has 8 heteroatoms. The van der Waals surface area contributed by atoms with Crippen LogP contribution in [0.25, 0.3) is 11.1 Å². The highest BCUT2D eigenvalue weighted by atomic mass is 35.5. The first-order valence-corrected chi connectivity index (χ1v) is 11.5. The molecule has 3 aromatic rings. The van der Waals surface area contributed by atoms with E-state index in [2.05, 4.69) is 19.2 Å². The molecule has 0 spiro atoms. The zero-order valence-electron chi connectivity index (χ0n) is 16.9. The fraction of sp³-hybridized carbons (Fsp3) is 0.174. The molecule has 160 valence electrons. The lowest BCUT2D eigenvalue weighted by Crippen LogP contribution is -2.40. The quantitative estimate of drug-likeness (QED) is 0.568. The summed E-state index contributed by atoms with van der Waals surface area (Å²) < 4.78 is 41.2. The Balaban J connectivity index is 1.74. The van der Waals surface area contributed by atoms with Gasteiger partial charge in [0.2, 0.25) is 5.91 Å². The minimum Gasteiger partial charge on any atom is -0.324 e. The molecule has 5 nitrogen and oxygen atoms in total. The smallest absolute Gasteiger partial charge is 0.265 e. The highest BCUT2D eigenvalue weighted by molar-refractivity contribution is 7.93. The third kappa shape index (κ3) is 3.91. The van der Waals surface area contributed by atoms with E-state index in [9.17, 15) is 17.6 Å². The Labute approximate surface area is 185 Å². The van der Waals surface area contributed by atoms with Gasteiger partial charge in [0.1, 0.15) is 12.4 Å². The van der Waals surface area contributed by atoms with E-state index < -0.39 is 28.3 Å². The molecule has 0 unspecified atom stereocenters. The van der Waals surface area contributed by atoms with Gasteiger partial charge in [-0.1, -0.05) is 49.7 Å². The summed E-state index contributed by atoms with van der Waals surface area (Å²) in [7, 11) is -3.95. The van der Waals surface area contributed by atoms with Gasteiger partial charge in [-0.25, -0.2) is 12.8 Å². The highest BCUT2D eigenvalue weighted by Crippen LogP contribution is 2.43. The molecule has 0 fully saturated rings. The Morgan fingerprint density at radius 2 is 1.81 bits per heavy atom. The number of hydrogen-bond donors (Lipinski definition) is 1. The van der Waals surface area contributed by atoms with E-state index in [-0.39, 0.29) is 21.5 Å². The predicted molar refractivity (Wildman–Crippen MR) is 121 cm³/mol. The number of carbonyl (C=O) groups is 1. The van der Waals surface area contributed by atoms with Crippen LogP contribution in [0.2, 0.25) is 5.02 Å². The number of carbonyl (C=O) groups excluding carboxylic acids is 1. The largest absolute Gasteiger partial charge is 0.324 e. The number of benzene rings is 3. The number of amides is 1. The summed E-state index contributed by atoms with van der Waals surface area (Å²) in [5, 5.41) is 2.45. The number of halogens is 2. The molecule has 0 atom stereocenters. The van der Waals surface area contributed by atoms with Crippen LogP contribution in [0.5, 0.6) is 0 Å². The average molecular weight is 459 g/mol. The molecule has 0 aromatic heterocycles. The van der Waals surface area contributed by atoms with E-state index in [1.807, 2.05) is 12.1 Å². The number of anilines is 2. The van der Waals surface area contributed by atoms with Crippen LogP contribution in [-0.4, -0.2) is 20.9 Å². The number of sulfonamides is 1. The van der Waals surface area contributed by atoms with Crippen molar-refractivity contribution >= 4 is 38.9 Å². The molecule has 1 aliphatic heterocycles. The summed E-state index contributed by atoms with van der Waals surface area (Å²) in [4.78, 5) is 12.9. The Morgan fingerprint density at radius 3 is 2.52 bits per heavy atom. The van der Waals surface area contributed by atoms with Gasteiger partial charge >= 0.3 is 0 Å². The summed E-state index contributed by atoms with van der Waals surface area (Å²) in [5.41, 5.74) is 3.16. The second-order valence-electron chi connectivity index (χ2n) is 7.62. The number of rotatable bonds is 4. The summed E-state index contributed by atoms with van der Waals surface area (Å²) >= 11 is 5.77. The molecule has 4 rings (SSSR count). The zero-order valence-corrected chi connectivity index (χ0v) is 18.5. The monoisotopic (exact) mass is 458 g/mol. The van der Waals surface area contributed by atoms with Crippen LogP contribution in [0.3, 0.4) is 0 Å². The first-order chi connectivity index (χ1) is 14.7. The van der Waals surface area contributed by atoms with Crippen LogP contribution in [0.1, 0.15) is 25.3 Å². The molecule has 0 saturated heterocycles. The van der Waals surface area contributed by atoms with Crippen LogP contribution in [-0.2, 0) is 14.8 Å². The normalized spacial score (nSPS) is 14.2. The van der Waals surface area contributed by atoms with Crippen molar-refractivity contribution in [1.82, 2.24) is 0 Å². The van der Waals surface area contributed by atoms with Crippen LogP contribution in [0.15, 0.2) is 65.6 Å². The van der Waals surface area contributed by atoms with Gasteiger partial charge in [-0.15, -0.1) is 0 Å². The third-order valence-corrected chi connectivity index (χ3v) is 7.30. The molecule has 1 aliphatic rings. The van der Waals surface area contributed by atoms with Gasteiger partial charge in [-0.3, -0.25) is 9.10 Å². The number of nitrogens with one attached hydrogen (secondary N) is 1. The van der Waals surface area contributed by atoms with E-state index in [0.29, 0.717) is 11.3 Å². The van der Waals surface area contributed by atoms with Gasteiger partial charge in [-0.05, 0) is 47.9 Å². The van der Waals surface area contributed by atoms with E-state index in [1.54, 1.807) is 30.3 Å². The Hall–Kier alpha value is -2.90. The molecule has 0 saturated carbocycles. The maximum absolute atomic E-state index is 13.4. The maximum atomic E-state index is 13.4. The summed E-state index contributed by atoms with van der Waals surface area (Å²) in [5.74, 6) is -0.912. The molecular formula is C23H20ClFN2O3S. The van der Waals surface area contributed by atoms with Crippen LogP contribution in [0, 0.1) is 5.82 Å². The predicted octanol–water partition coefficient (Wildman–Crippen LogP) is 5.42. The Bertz CT molecular complexity index is 1290. The van der Waals surface area contributed by atoms with Crippen molar-refractivity contribution in [3.63, 3.8) is 0 Å². The van der Waals surface area contributed by atoms with Crippen molar-refractivity contribution in [2.75, 3.05) is 16.2 Å². The van der Waals surface area contributed by atoms with Crippen LogP contribution in [0.4, 0.5) is 15.8 Å². The third-order valence-electron chi connectivity index (χ3n) is 5.19. The molecule has 0 bridgehead atoms. The first kappa shape index (κ1) is 21.3. The summed E-state index contributed by atoms with van der Waals surface area (Å²) in [6, 6.07) is 16.1. The van der Waals surface area contributed by atoms with Gasteiger partial charge in [0, 0.05) is 16.8 Å². The van der Waals surface area contributed by atoms with Crippen molar-refractivity contribution in [2.24, 2.45) is 0 Å². The molecular weight excluding hydrogens is 439 g/mol. The van der Waals surface area contributed by atoms with Crippen molar-refractivity contribution in [3.8, 4) is 11.1 Å². The minimum atomic E-state index is -3.95. The second kappa shape index (κ2) is 7.98. The van der Waals surface area contributed by atoms with E-state index in [1.165, 1.54) is 12.1 Å². The van der Waals surface area contributed by atoms with Gasteiger partial charge in [0.15, 0.2) is 0 Å². The second-order valence-corrected chi connectivity index (χ2v) is 9.85. The molecule has 0 radical (unpaired) electrons. The SMILES string of the molecule is CC(C)c1ccc2c(c1)-c1ccccc1S(=O)(=O)N2CC(=O)Nc1ccc(F)c(Cl)c1. The van der Waals surface area contributed by atoms with Crippen molar-refractivity contribution in [1.29, 1.82) is 0 Å². The Morgan fingerprint density at radius 1 is 1.06 bits per heavy atom. The van der Waals surface area contributed by atoms with Gasteiger partial charge in [0.05, 0.1) is 15.6 Å². The van der Waals surface area contributed by atoms with Crippen molar-refractivity contribution in [2.45, 2.75) is 24.7 Å². The van der Waals surface area contributed by atoms with E-state index in [4.69, 9.17) is 11.6 Å². The fourth-order valence-corrected chi connectivity index (χ4v) is 5.41. The molecule has 31 heavy (non-hydrogen) atoms. The van der Waals surface area contributed by atoms with E-state index in [0.717, 1.165) is 21.5 Å². The minimum absolute atomic E-state index is 0.135. The summed E-state index contributed by atoms with van der Waals surface area (Å²) in [6.45, 7) is 3.69. The molecule has 0 aliphatic carbocycles. The molecule has 3 aromatic carbocycles. The summed E-state index contributed by atoms with van der Waals surface area (Å²) in [6.07, 6.45) is 0. The lowest BCUT2D eigenvalue weighted by Gasteiger charge is -2.32. The highest BCUT2D eigenvalue weighted by Gasteiger charge is 2.36. The molecule has 1 N–H and O–H groups in total. The van der Waals surface area contributed by atoms with Gasteiger partial charge in [0.25, 0.3) is 10.0 Å². The van der Waals surface area contributed by atoms with Crippen LogP contribution < -0.4 is 9.62 Å². The molecule has 1 amide bonds. The number of fused-ring (bicyclic) bond motifs is 3. The lowest BCUT2D eigenvalue weighted by atomic mass is 9.95. The van der Waals surface area contributed by atoms with Gasteiger partial charge < -0.3 is 5.32 Å².